The van der Waals surface area contributed by atoms with Gasteiger partial charge < -0.3 is 10.6 Å². The summed E-state index contributed by atoms with van der Waals surface area (Å²) in [5, 5.41) is 0. The van der Waals surface area contributed by atoms with Crippen LogP contribution in [0.2, 0.25) is 0 Å². The van der Waals surface area contributed by atoms with E-state index in [9.17, 15) is 0 Å². The van der Waals surface area contributed by atoms with Crippen molar-refractivity contribution < 1.29 is 0 Å². The Kier molecular flexibility index (Phi) is 4.17. The first-order valence-electron chi connectivity index (χ1n) is 7.76. The van der Waals surface area contributed by atoms with E-state index in [2.05, 4.69) is 19.8 Å². The van der Waals surface area contributed by atoms with Crippen LogP contribution in [-0.4, -0.2) is 54.1 Å². The van der Waals surface area contributed by atoms with Crippen molar-refractivity contribution in [3.63, 3.8) is 0 Å². The van der Waals surface area contributed by atoms with Crippen LogP contribution in [0.25, 0.3) is 0 Å². The second-order valence-corrected chi connectivity index (χ2v) is 6.19. The summed E-state index contributed by atoms with van der Waals surface area (Å²) in [4.78, 5) is 13.5. The summed E-state index contributed by atoms with van der Waals surface area (Å²) in [6, 6.07) is 1.87. The van der Waals surface area contributed by atoms with E-state index in [0.29, 0.717) is 5.41 Å². The molecule has 0 bridgehead atoms. The van der Waals surface area contributed by atoms with Crippen LogP contribution in [0.15, 0.2) is 18.5 Å². The zero-order valence-corrected chi connectivity index (χ0v) is 12.2. The monoisotopic (exact) mass is 275 g/mol. The van der Waals surface area contributed by atoms with Crippen LogP contribution in [-0.2, 0) is 0 Å². The van der Waals surface area contributed by atoms with Crippen LogP contribution in [0, 0.1) is 5.41 Å². The zero-order valence-electron chi connectivity index (χ0n) is 12.2. The van der Waals surface area contributed by atoms with Gasteiger partial charge in [-0.2, -0.15) is 0 Å². The Hall–Kier alpha value is -1.20. The van der Waals surface area contributed by atoms with Gasteiger partial charge in [0, 0.05) is 38.6 Å². The van der Waals surface area contributed by atoms with Crippen molar-refractivity contribution >= 4 is 5.95 Å². The van der Waals surface area contributed by atoms with E-state index in [0.717, 1.165) is 38.7 Å². The average Bonchev–Trinajstić information content (AvgIpc) is 2.48. The predicted molar refractivity (Wildman–Crippen MR) is 80.6 cm³/mol. The van der Waals surface area contributed by atoms with Crippen molar-refractivity contribution in [1.82, 2.24) is 14.9 Å². The van der Waals surface area contributed by atoms with Crippen LogP contribution in [0.1, 0.15) is 25.7 Å². The molecule has 0 unspecified atom stereocenters. The van der Waals surface area contributed by atoms with Gasteiger partial charge in [0.05, 0.1) is 0 Å². The maximum atomic E-state index is 5.94. The molecule has 110 valence electrons. The first-order chi connectivity index (χ1) is 9.81. The van der Waals surface area contributed by atoms with Crippen molar-refractivity contribution in [1.29, 1.82) is 0 Å². The summed E-state index contributed by atoms with van der Waals surface area (Å²) in [7, 11) is 0. The van der Waals surface area contributed by atoms with E-state index in [4.69, 9.17) is 5.73 Å². The Bertz CT molecular complexity index is 404. The Morgan fingerprint density at radius 1 is 1.10 bits per heavy atom. The number of nitrogens with two attached hydrogens (primary N) is 1. The minimum absolute atomic E-state index is 0.472. The molecule has 1 saturated carbocycles. The standard InChI is InChI=1S/C15H25N5/c16-13-15(3-1-4-15)5-8-19-9-11-20(12-10-19)14-17-6-2-7-18-14/h2,6-7H,1,3-5,8-13,16H2. The van der Waals surface area contributed by atoms with Gasteiger partial charge in [0.2, 0.25) is 5.95 Å². The smallest absolute Gasteiger partial charge is 0.225 e. The molecule has 2 N–H and O–H groups in total. The largest absolute Gasteiger partial charge is 0.338 e. The third-order valence-electron chi connectivity index (χ3n) is 5.01. The molecule has 1 aromatic heterocycles. The van der Waals surface area contributed by atoms with E-state index in [1.54, 1.807) is 0 Å². The van der Waals surface area contributed by atoms with Gasteiger partial charge in [-0.3, -0.25) is 4.90 Å². The molecule has 2 heterocycles. The Morgan fingerprint density at radius 3 is 2.35 bits per heavy atom. The van der Waals surface area contributed by atoms with E-state index >= 15 is 0 Å². The van der Waals surface area contributed by atoms with Gasteiger partial charge in [0.15, 0.2) is 0 Å². The van der Waals surface area contributed by atoms with Gasteiger partial charge in [-0.1, -0.05) is 6.42 Å². The normalized spacial score (nSPS) is 22.6. The number of anilines is 1. The fourth-order valence-corrected chi connectivity index (χ4v) is 3.25. The minimum atomic E-state index is 0.472. The summed E-state index contributed by atoms with van der Waals surface area (Å²) in [5.41, 5.74) is 6.41. The molecule has 3 rings (SSSR count). The summed E-state index contributed by atoms with van der Waals surface area (Å²) >= 11 is 0. The van der Waals surface area contributed by atoms with E-state index < -0.39 is 0 Å². The molecule has 2 aliphatic rings. The van der Waals surface area contributed by atoms with E-state index in [1.807, 2.05) is 18.5 Å². The van der Waals surface area contributed by atoms with Gasteiger partial charge in [0.1, 0.15) is 0 Å². The molecule has 1 aromatic rings. The topological polar surface area (TPSA) is 58.3 Å². The highest BCUT2D eigenvalue weighted by Gasteiger charge is 2.35. The molecular weight excluding hydrogens is 250 g/mol. The van der Waals surface area contributed by atoms with Crippen LogP contribution in [0.5, 0.6) is 0 Å². The van der Waals surface area contributed by atoms with Crippen molar-refractivity contribution in [3.05, 3.63) is 18.5 Å². The summed E-state index contributed by atoms with van der Waals surface area (Å²) < 4.78 is 0. The van der Waals surface area contributed by atoms with Crippen LogP contribution in [0.3, 0.4) is 0 Å². The molecule has 0 radical (unpaired) electrons. The van der Waals surface area contributed by atoms with Gasteiger partial charge in [-0.05, 0) is 43.8 Å². The average molecular weight is 275 g/mol. The van der Waals surface area contributed by atoms with Crippen molar-refractivity contribution in [3.8, 4) is 0 Å². The Labute approximate surface area is 121 Å². The van der Waals surface area contributed by atoms with E-state index in [1.165, 1.54) is 32.2 Å². The summed E-state index contributed by atoms with van der Waals surface area (Å²) in [5.74, 6) is 0.865. The molecule has 2 fully saturated rings. The lowest BCUT2D eigenvalue weighted by Gasteiger charge is -2.43. The van der Waals surface area contributed by atoms with Gasteiger partial charge in [-0.25, -0.2) is 9.97 Å². The molecular formula is C15H25N5. The number of aromatic nitrogens is 2. The first-order valence-corrected chi connectivity index (χ1v) is 7.76. The third-order valence-corrected chi connectivity index (χ3v) is 5.01. The van der Waals surface area contributed by atoms with Crippen molar-refractivity contribution in [2.75, 3.05) is 44.2 Å². The number of nitrogens with zero attached hydrogens (tertiary/aromatic N) is 4. The molecule has 20 heavy (non-hydrogen) atoms. The summed E-state index contributed by atoms with van der Waals surface area (Å²) in [6.45, 7) is 6.34. The maximum Gasteiger partial charge on any atom is 0.225 e. The van der Waals surface area contributed by atoms with Gasteiger partial charge in [0.25, 0.3) is 0 Å². The number of rotatable bonds is 5. The molecule has 0 amide bonds. The van der Waals surface area contributed by atoms with E-state index in [-0.39, 0.29) is 0 Å². The zero-order chi connectivity index (χ0) is 13.8. The molecule has 1 saturated heterocycles. The molecule has 0 spiro atoms. The highest BCUT2D eigenvalue weighted by Crippen LogP contribution is 2.42. The second kappa shape index (κ2) is 6.06. The van der Waals surface area contributed by atoms with Crippen molar-refractivity contribution in [2.24, 2.45) is 11.1 Å². The molecule has 1 aliphatic carbocycles. The van der Waals surface area contributed by atoms with Gasteiger partial charge >= 0.3 is 0 Å². The van der Waals surface area contributed by atoms with Crippen LogP contribution in [0.4, 0.5) is 5.95 Å². The summed E-state index contributed by atoms with van der Waals surface area (Å²) in [6.07, 6.45) is 8.94. The molecule has 1 aliphatic heterocycles. The molecule has 0 aromatic carbocycles. The Balaban J connectivity index is 1.44. The lowest BCUT2D eigenvalue weighted by Crippen LogP contribution is -2.49. The maximum absolute atomic E-state index is 5.94. The second-order valence-electron chi connectivity index (χ2n) is 6.19. The Morgan fingerprint density at radius 2 is 1.80 bits per heavy atom. The fraction of sp³-hybridized carbons (Fsp3) is 0.733. The minimum Gasteiger partial charge on any atom is -0.338 e. The predicted octanol–water partition coefficient (Wildman–Crippen LogP) is 1.12. The highest BCUT2D eigenvalue weighted by molar-refractivity contribution is 5.29. The lowest BCUT2D eigenvalue weighted by atomic mass is 9.66. The third kappa shape index (κ3) is 2.94. The fourth-order valence-electron chi connectivity index (χ4n) is 3.25. The van der Waals surface area contributed by atoms with Crippen LogP contribution >= 0.6 is 0 Å². The first kappa shape index (κ1) is 13.8. The van der Waals surface area contributed by atoms with Crippen LogP contribution < -0.4 is 10.6 Å². The highest BCUT2D eigenvalue weighted by atomic mass is 15.3. The SMILES string of the molecule is NCC1(CCN2CCN(c3ncccn3)CC2)CCC1. The number of hydrogen-bond donors (Lipinski definition) is 1. The lowest BCUT2D eigenvalue weighted by molar-refractivity contribution is 0.104. The number of hydrogen-bond acceptors (Lipinski definition) is 5. The molecule has 5 nitrogen and oxygen atoms in total. The van der Waals surface area contributed by atoms with Crippen molar-refractivity contribution in [2.45, 2.75) is 25.7 Å². The van der Waals surface area contributed by atoms with Gasteiger partial charge in [-0.15, -0.1) is 0 Å². The molecule has 5 heteroatoms. The number of piperazine rings is 1. The quantitative estimate of drug-likeness (QED) is 0.872. The molecule has 0 atom stereocenters.